The topological polar surface area (TPSA) is 99.5 Å². The van der Waals surface area contributed by atoms with Gasteiger partial charge in [0.1, 0.15) is 18.1 Å². The maximum atomic E-state index is 12.8. The van der Waals surface area contributed by atoms with E-state index in [-0.39, 0.29) is 10.5 Å². The van der Waals surface area contributed by atoms with Crippen LogP contribution in [0.2, 0.25) is 0 Å². The zero-order chi connectivity index (χ0) is 29.1. The minimum atomic E-state index is -4.03. The van der Waals surface area contributed by atoms with Crippen molar-refractivity contribution < 1.29 is 22.7 Å². The van der Waals surface area contributed by atoms with E-state index in [0.717, 1.165) is 38.8 Å². The number of pyridine rings is 1. The molecule has 2 aromatic heterocycles. The lowest BCUT2D eigenvalue weighted by atomic mass is 10.1. The Morgan fingerprint density at radius 3 is 2.38 bits per heavy atom. The van der Waals surface area contributed by atoms with Gasteiger partial charge in [-0.1, -0.05) is 36.4 Å². The molecule has 4 aromatic carbocycles. The van der Waals surface area contributed by atoms with Crippen molar-refractivity contribution in [2.24, 2.45) is 0 Å². The smallest absolute Gasteiger partial charge is 0.265 e. The number of hydrogen-bond acceptors (Lipinski definition) is 6. The lowest BCUT2D eigenvalue weighted by molar-refractivity contribution is 0.0981. The molecule has 6 aromatic rings. The number of benzene rings is 4. The van der Waals surface area contributed by atoms with Crippen LogP contribution in [-0.4, -0.2) is 31.0 Å². The van der Waals surface area contributed by atoms with Crippen molar-refractivity contribution in [1.82, 2.24) is 14.3 Å². The van der Waals surface area contributed by atoms with Crippen molar-refractivity contribution in [2.45, 2.75) is 18.0 Å². The molecular weight excluding hydrogens is 550 g/mol. The third kappa shape index (κ3) is 5.82. The van der Waals surface area contributed by atoms with Crippen LogP contribution in [0.3, 0.4) is 0 Å². The van der Waals surface area contributed by atoms with Gasteiger partial charge in [-0.3, -0.25) is 4.79 Å². The number of fused-ring (bicyclic) bond motifs is 2. The maximum Gasteiger partial charge on any atom is 0.265 e. The second kappa shape index (κ2) is 11.4. The van der Waals surface area contributed by atoms with E-state index in [1.807, 2.05) is 79.0 Å². The average molecular weight is 578 g/mol. The number of sulfonamides is 1. The summed E-state index contributed by atoms with van der Waals surface area (Å²) in [4.78, 5) is 17.4. The molecule has 0 saturated heterocycles. The van der Waals surface area contributed by atoms with E-state index < -0.39 is 15.9 Å². The van der Waals surface area contributed by atoms with E-state index in [1.165, 1.54) is 31.4 Å². The van der Waals surface area contributed by atoms with Gasteiger partial charge in [-0.05, 0) is 78.4 Å². The zero-order valence-corrected chi connectivity index (χ0v) is 23.5. The van der Waals surface area contributed by atoms with E-state index in [9.17, 15) is 13.2 Å². The molecule has 0 aliphatic carbocycles. The minimum absolute atomic E-state index is 0.0225. The number of amides is 1. The number of hydrogen-bond donors (Lipinski definition) is 1. The number of ether oxygens (including phenoxy) is 2. The van der Waals surface area contributed by atoms with Gasteiger partial charge in [-0.25, -0.2) is 18.1 Å². The molecular formula is C33H27N3O5S. The lowest BCUT2D eigenvalue weighted by Gasteiger charge is -2.10. The largest absolute Gasteiger partial charge is 0.497 e. The van der Waals surface area contributed by atoms with Crippen LogP contribution in [0.5, 0.6) is 11.5 Å². The first-order valence-corrected chi connectivity index (χ1v) is 14.7. The maximum absolute atomic E-state index is 12.8. The van der Waals surface area contributed by atoms with Crippen molar-refractivity contribution >= 4 is 37.7 Å². The van der Waals surface area contributed by atoms with Crippen LogP contribution in [0.1, 0.15) is 21.6 Å². The van der Waals surface area contributed by atoms with Gasteiger partial charge in [-0.2, -0.15) is 0 Å². The van der Waals surface area contributed by atoms with Gasteiger partial charge < -0.3 is 14.0 Å². The summed E-state index contributed by atoms with van der Waals surface area (Å²) >= 11 is 0. The molecule has 8 nitrogen and oxygen atoms in total. The minimum Gasteiger partial charge on any atom is -0.497 e. The number of carbonyl (C=O) groups excluding carboxylic acids is 1. The number of aromatic nitrogens is 2. The Morgan fingerprint density at radius 2 is 1.60 bits per heavy atom. The van der Waals surface area contributed by atoms with Crippen molar-refractivity contribution in [2.75, 3.05) is 7.11 Å². The Kier molecular flexibility index (Phi) is 7.33. The van der Waals surface area contributed by atoms with Crippen LogP contribution in [0.4, 0.5) is 0 Å². The number of rotatable bonds is 9. The van der Waals surface area contributed by atoms with Gasteiger partial charge in [-0.15, -0.1) is 0 Å². The molecule has 2 heterocycles. The number of para-hydroxylation sites is 1. The molecule has 42 heavy (non-hydrogen) atoms. The van der Waals surface area contributed by atoms with Gasteiger partial charge in [0.05, 0.1) is 23.2 Å². The molecule has 1 N–H and O–H groups in total. The fourth-order valence-corrected chi connectivity index (χ4v) is 5.68. The third-order valence-corrected chi connectivity index (χ3v) is 8.30. The SMILES string of the molecule is COc1ccc(S(=O)(=O)NC(=O)c2ccc3c(ccn3Cc3ccc(OCc4ccc5ccccc5n4)cc3)c2)cc1. The molecule has 0 saturated carbocycles. The van der Waals surface area contributed by atoms with Gasteiger partial charge in [0.25, 0.3) is 15.9 Å². The molecule has 210 valence electrons. The van der Waals surface area contributed by atoms with E-state index >= 15 is 0 Å². The first-order chi connectivity index (χ1) is 20.4. The quantitative estimate of drug-likeness (QED) is 0.228. The highest BCUT2D eigenvalue weighted by Gasteiger charge is 2.19. The summed E-state index contributed by atoms with van der Waals surface area (Å²) in [6.45, 7) is 0.997. The van der Waals surface area contributed by atoms with Crippen molar-refractivity contribution in [3.8, 4) is 11.5 Å². The van der Waals surface area contributed by atoms with Gasteiger partial charge in [0.15, 0.2) is 0 Å². The Labute approximate surface area is 243 Å². The summed E-state index contributed by atoms with van der Waals surface area (Å²) in [7, 11) is -2.54. The van der Waals surface area contributed by atoms with Crippen LogP contribution in [-0.2, 0) is 23.2 Å². The fourth-order valence-electron chi connectivity index (χ4n) is 4.71. The standard InChI is InChI=1S/C33H27N3O5S/c1-40-28-13-15-30(16-14-28)42(38,39)35-33(37)26-9-17-32-25(20-26)18-19-36(32)21-23-6-11-29(12-7-23)41-22-27-10-8-24-4-2-3-5-31(24)34-27/h2-20H,21-22H2,1H3,(H,35,37). The fraction of sp³-hybridized carbons (Fsp3) is 0.0909. The summed E-state index contributed by atoms with van der Waals surface area (Å²) in [5.74, 6) is 0.579. The van der Waals surface area contributed by atoms with Crippen LogP contribution < -0.4 is 14.2 Å². The van der Waals surface area contributed by atoms with Crippen LogP contribution in [0.15, 0.2) is 120 Å². The Balaban J connectivity index is 1.10. The van der Waals surface area contributed by atoms with Crippen LogP contribution in [0, 0.1) is 0 Å². The van der Waals surface area contributed by atoms with Gasteiger partial charge in [0.2, 0.25) is 0 Å². The average Bonchev–Trinajstić information content (AvgIpc) is 3.42. The molecule has 0 bridgehead atoms. The molecule has 0 aliphatic rings. The van der Waals surface area contributed by atoms with E-state index in [0.29, 0.717) is 18.9 Å². The molecule has 6 rings (SSSR count). The molecule has 1 amide bonds. The normalized spacial score (nSPS) is 11.5. The lowest BCUT2D eigenvalue weighted by Crippen LogP contribution is -2.30. The van der Waals surface area contributed by atoms with Crippen molar-refractivity contribution in [1.29, 1.82) is 0 Å². The van der Waals surface area contributed by atoms with E-state index in [4.69, 9.17) is 9.47 Å². The monoisotopic (exact) mass is 577 g/mol. The molecule has 0 spiro atoms. The van der Waals surface area contributed by atoms with Crippen molar-refractivity contribution in [3.63, 3.8) is 0 Å². The van der Waals surface area contributed by atoms with E-state index in [1.54, 1.807) is 12.1 Å². The molecule has 0 fully saturated rings. The van der Waals surface area contributed by atoms with E-state index in [2.05, 4.69) is 14.3 Å². The summed E-state index contributed by atoms with van der Waals surface area (Å²) in [6, 6.07) is 32.8. The number of nitrogens with one attached hydrogen (secondary N) is 1. The Morgan fingerprint density at radius 1 is 0.833 bits per heavy atom. The predicted molar refractivity (Wildman–Crippen MR) is 161 cm³/mol. The second-order valence-electron chi connectivity index (χ2n) is 9.76. The number of nitrogens with zero attached hydrogens (tertiary/aromatic N) is 2. The predicted octanol–water partition coefficient (Wildman–Crippen LogP) is 5.94. The molecule has 0 aliphatic heterocycles. The molecule has 0 unspecified atom stereocenters. The molecule has 9 heteroatoms. The zero-order valence-electron chi connectivity index (χ0n) is 22.7. The third-order valence-electron chi connectivity index (χ3n) is 6.95. The van der Waals surface area contributed by atoms with Crippen molar-refractivity contribution in [3.05, 3.63) is 132 Å². The number of carbonyl (C=O) groups is 1. The first kappa shape index (κ1) is 27.0. The van der Waals surface area contributed by atoms with Crippen LogP contribution in [0.25, 0.3) is 21.8 Å². The second-order valence-corrected chi connectivity index (χ2v) is 11.4. The van der Waals surface area contributed by atoms with Gasteiger partial charge >= 0.3 is 0 Å². The van der Waals surface area contributed by atoms with Crippen LogP contribution >= 0.6 is 0 Å². The summed E-state index contributed by atoms with van der Waals surface area (Å²) in [5, 5.41) is 1.92. The summed E-state index contributed by atoms with van der Waals surface area (Å²) in [5.41, 5.74) is 4.06. The first-order valence-electron chi connectivity index (χ1n) is 13.2. The molecule has 0 radical (unpaired) electrons. The summed E-state index contributed by atoms with van der Waals surface area (Å²) < 4.78 is 40.6. The Hall–Kier alpha value is -5.15. The van der Waals surface area contributed by atoms with Gasteiger partial charge in [0, 0.05) is 34.6 Å². The highest BCUT2D eigenvalue weighted by Crippen LogP contribution is 2.22. The highest BCUT2D eigenvalue weighted by molar-refractivity contribution is 7.90. The molecule has 0 atom stereocenters. The summed E-state index contributed by atoms with van der Waals surface area (Å²) in [6.07, 6.45) is 1.94. The highest BCUT2D eigenvalue weighted by atomic mass is 32.2. The number of methoxy groups -OCH3 is 1. The Bertz CT molecular complexity index is 2000.